The summed E-state index contributed by atoms with van der Waals surface area (Å²) >= 11 is 3.43. The van der Waals surface area contributed by atoms with Crippen LogP contribution in [0.4, 0.5) is 0 Å². The van der Waals surface area contributed by atoms with Crippen molar-refractivity contribution in [1.29, 1.82) is 0 Å². The molecule has 1 saturated heterocycles. The minimum atomic E-state index is -3.11. The first-order valence-corrected chi connectivity index (χ1v) is 6.74. The van der Waals surface area contributed by atoms with E-state index in [2.05, 4.69) is 15.9 Å². The van der Waals surface area contributed by atoms with Gasteiger partial charge in [0.15, 0.2) is 0 Å². The molecule has 0 aromatic carbocycles. The number of hydrogen-bond donors (Lipinski definition) is 0. The predicted molar refractivity (Wildman–Crippen MR) is 57.6 cm³/mol. The SMILES string of the molecule is CC(C)(C)S(=O)(=O)N1CCC(Br)C1. The monoisotopic (exact) mass is 269 g/mol. The van der Waals surface area contributed by atoms with Crippen LogP contribution in [0, 0.1) is 0 Å². The highest BCUT2D eigenvalue weighted by atomic mass is 79.9. The highest BCUT2D eigenvalue weighted by Crippen LogP contribution is 2.26. The number of nitrogens with zero attached hydrogens (tertiary/aromatic N) is 1. The molecule has 3 nitrogen and oxygen atoms in total. The summed E-state index contributed by atoms with van der Waals surface area (Å²) in [5.74, 6) is 0. The van der Waals surface area contributed by atoms with E-state index in [1.807, 2.05) is 0 Å². The molecule has 0 radical (unpaired) electrons. The Labute approximate surface area is 88.7 Å². The third-order valence-electron chi connectivity index (χ3n) is 2.21. The van der Waals surface area contributed by atoms with E-state index in [4.69, 9.17) is 0 Å². The average molecular weight is 270 g/mol. The highest BCUT2D eigenvalue weighted by molar-refractivity contribution is 9.09. The number of sulfonamides is 1. The van der Waals surface area contributed by atoms with Gasteiger partial charge in [-0.2, -0.15) is 0 Å². The normalized spacial score (nSPS) is 26.6. The van der Waals surface area contributed by atoms with E-state index in [-0.39, 0.29) is 0 Å². The minimum Gasteiger partial charge on any atom is -0.212 e. The second kappa shape index (κ2) is 3.51. The Morgan fingerprint density at radius 2 is 1.92 bits per heavy atom. The van der Waals surface area contributed by atoms with Crippen LogP contribution in [0.3, 0.4) is 0 Å². The molecule has 0 N–H and O–H groups in total. The zero-order chi connectivity index (χ0) is 10.3. The van der Waals surface area contributed by atoms with E-state index >= 15 is 0 Å². The van der Waals surface area contributed by atoms with Gasteiger partial charge in [0.1, 0.15) is 0 Å². The molecule has 0 bridgehead atoms. The molecule has 0 aromatic heterocycles. The molecule has 1 aliphatic heterocycles. The largest absolute Gasteiger partial charge is 0.219 e. The summed E-state index contributed by atoms with van der Waals surface area (Å²) in [6, 6.07) is 0. The van der Waals surface area contributed by atoms with Crippen LogP contribution in [0.1, 0.15) is 27.2 Å². The van der Waals surface area contributed by atoms with Gasteiger partial charge in [0.2, 0.25) is 10.0 Å². The van der Waals surface area contributed by atoms with Crippen LogP contribution >= 0.6 is 15.9 Å². The molecule has 0 amide bonds. The number of alkyl halides is 1. The fraction of sp³-hybridized carbons (Fsp3) is 1.00. The number of halogens is 1. The van der Waals surface area contributed by atoms with Gasteiger partial charge in [-0.1, -0.05) is 15.9 Å². The smallest absolute Gasteiger partial charge is 0.212 e. The van der Waals surface area contributed by atoms with Crippen LogP contribution in [0.15, 0.2) is 0 Å². The summed E-state index contributed by atoms with van der Waals surface area (Å²) < 4.78 is 24.7. The molecule has 13 heavy (non-hydrogen) atoms. The summed E-state index contributed by atoms with van der Waals surface area (Å²) in [4.78, 5) is 0.324. The van der Waals surface area contributed by atoms with Crippen molar-refractivity contribution < 1.29 is 8.42 Å². The van der Waals surface area contributed by atoms with Gasteiger partial charge in [-0.15, -0.1) is 0 Å². The van der Waals surface area contributed by atoms with E-state index in [9.17, 15) is 8.42 Å². The second-order valence-corrected chi connectivity index (χ2v) is 8.35. The van der Waals surface area contributed by atoms with Crippen molar-refractivity contribution in [1.82, 2.24) is 4.31 Å². The number of hydrogen-bond acceptors (Lipinski definition) is 2. The summed E-state index contributed by atoms with van der Waals surface area (Å²) in [5.41, 5.74) is 0. The van der Waals surface area contributed by atoms with Gasteiger partial charge < -0.3 is 0 Å². The van der Waals surface area contributed by atoms with Gasteiger partial charge in [-0.05, 0) is 27.2 Å². The highest BCUT2D eigenvalue weighted by Gasteiger charge is 2.38. The Bertz CT molecular complexity index is 281. The molecule has 0 spiro atoms. The van der Waals surface area contributed by atoms with Crippen molar-refractivity contribution in [2.45, 2.75) is 36.8 Å². The summed E-state index contributed by atoms with van der Waals surface area (Å²) in [5, 5.41) is 0. The third kappa shape index (κ3) is 2.25. The molecule has 1 rings (SSSR count). The molecule has 0 saturated carbocycles. The van der Waals surface area contributed by atoms with E-state index in [1.165, 1.54) is 0 Å². The molecule has 5 heteroatoms. The van der Waals surface area contributed by atoms with Crippen molar-refractivity contribution in [2.24, 2.45) is 0 Å². The molecular weight excluding hydrogens is 254 g/mol. The quantitative estimate of drug-likeness (QED) is 0.678. The molecule has 1 aliphatic rings. The lowest BCUT2D eigenvalue weighted by Gasteiger charge is -2.26. The van der Waals surface area contributed by atoms with E-state index in [1.54, 1.807) is 25.1 Å². The predicted octanol–water partition coefficient (Wildman–Crippen LogP) is 1.58. The molecule has 78 valence electrons. The zero-order valence-corrected chi connectivity index (χ0v) is 10.7. The average Bonchev–Trinajstić information content (AvgIpc) is 2.33. The van der Waals surface area contributed by atoms with Gasteiger partial charge in [-0.3, -0.25) is 0 Å². The molecule has 1 heterocycles. The van der Waals surface area contributed by atoms with Crippen LogP contribution in [-0.4, -0.2) is 35.4 Å². The van der Waals surface area contributed by atoms with Crippen LogP contribution < -0.4 is 0 Å². The van der Waals surface area contributed by atoms with Crippen molar-refractivity contribution in [3.8, 4) is 0 Å². The van der Waals surface area contributed by atoms with Gasteiger partial charge in [-0.25, -0.2) is 12.7 Å². The van der Waals surface area contributed by atoms with E-state index < -0.39 is 14.8 Å². The molecule has 1 atom stereocenters. The van der Waals surface area contributed by atoms with Crippen LogP contribution in [0.5, 0.6) is 0 Å². The number of rotatable bonds is 1. The Hall–Kier alpha value is 0.390. The van der Waals surface area contributed by atoms with Crippen LogP contribution in [0.25, 0.3) is 0 Å². The maximum Gasteiger partial charge on any atom is 0.219 e. The van der Waals surface area contributed by atoms with Gasteiger partial charge in [0.25, 0.3) is 0 Å². The molecule has 1 fully saturated rings. The van der Waals surface area contributed by atoms with E-state index in [0.717, 1.165) is 6.42 Å². The first-order valence-electron chi connectivity index (χ1n) is 4.39. The molecule has 0 aromatic rings. The van der Waals surface area contributed by atoms with E-state index in [0.29, 0.717) is 17.9 Å². The Kier molecular flexibility index (Phi) is 3.10. The third-order valence-corrected chi connectivity index (χ3v) is 5.51. The molecule has 1 unspecified atom stereocenters. The second-order valence-electron chi connectivity index (χ2n) is 4.36. The van der Waals surface area contributed by atoms with Gasteiger partial charge >= 0.3 is 0 Å². The Balaban J connectivity index is 2.84. The van der Waals surface area contributed by atoms with Crippen molar-refractivity contribution >= 4 is 26.0 Å². The maximum absolute atomic E-state index is 11.9. The fourth-order valence-corrected chi connectivity index (χ4v) is 3.54. The lowest BCUT2D eigenvalue weighted by molar-refractivity contribution is 0.451. The summed E-state index contributed by atoms with van der Waals surface area (Å²) in [6.07, 6.45) is 0.912. The topological polar surface area (TPSA) is 37.4 Å². The van der Waals surface area contributed by atoms with Crippen LogP contribution in [0.2, 0.25) is 0 Å². The first-order chi connectivity index (χ1) is 5.75. The summed E-state index contributed by atoms with van der Waals surface area (Å²) in [6.45, 7) is 6.48. The Morgan fingerprint density at radius 1 is 1.38 bits per heavy atom. The van der Waals surface area contributed by atoms with Crippen molar-refractivity contribution in [3.05, 3.63) is 0 Å². The molecular formula is C8H16BrNO2S. The lowest BCUT2D eigenvalue weighted by atomic mass is 10.3. The maximum atomic E-state index is 11.9. The van der Waals surface area contributed by atoms with Gasteiger partial charge in [0.05, 0.1) is 4.75 Å². The standard InChI is InChI=1S/C8H16BrNO2S/c1-8(2,3)13(11,12)10-5-4-7(9)6-10/h7H,4-6H2,1-3H3. The van der Waals surface area contributed by atoms with Crippen molar-refractivity contribution in [2.75, 3.05) is 13.1 Å². The zero-order valence-electron chi connectivity index (χ0n) is 8.25. The fourth-order valence-electron chi connectivity index (χ4n) is 1.29. The minimum absolute atomic E-state index is 0.324. The Morgan fingerprint density at radius 3 is 2.23 bits per heavy atom. The summed E-state index contributed by atoms with van der Waals surface area (Å²) in [7, 11) is -3.11. The van der Waals surface area contributed by atoms with Crippen molar-refractivity contribution in [3.63, 3.8) is 0 Å². The van der Waals surface area contributed by atoms with Gasteiger partial charge in [0, 0.05) is 17.9 Å². The van der Waals surface area contributed by atoms with Crippen LogP contribution in [-0.2, 0) is 10.0 Å². The first kappa shape index (κ1) is 11.5. The molecule has 0 aliphatic carbocycles. The lowest BCUT2D eigenvalue weighted by Crippen LogP contribution is -2.41.